The molecule has 8 nitrogen and oxygen atoms in total. The first-order valence-corrected chi connectivity index (χ1v) is 11.8. The van der Waals surface area contributed by atoms with E-state index in [9.17, 15) is 14.4 Å². The molecule has 0 bridgehead atoms. The predicted molar refractivity (Wildman–Crippen MR) is 124 cm³/mol. The lowest BCUT2D eigenvalue weighted by Gasteiger charge is -2.26. The van der Waals surface area contributed by atoms with Gasteiger partial charge in [0.15, 0.2) is 11.5 Å². The molecule has 33 heavy (non-hydrogen) atoms. The van der Waals surface area contributed by atoms with Crippen LogP contribution in [0, 0.1) is 0 Å². The molecule has 4 amide bonds. The highest BCUT2D eigenvalue weighted by atomic mass is 32.2. The maximum atomic E-state index is 13.4. The van der Waals surface area contributed by atoms with Crippen LogP contribution in [0.15, 0.2) is 47.4 Å². The summed E-state index contributed by atoms with van der Waals surface area (Å²) in [6.07, 6.45) is 0.820. The third-order valence-electron chi connectivity index (χ3n) is 6.23. The number of carbonyl (C=O) groups excluding carboxylic acids is 3. The third kappa shape index (κ3) is 3.80. The van der Waals surface area contributed by atoms with Crippen molar-refractivity contribution < 1.29 is 23.9 Å². The van der Waals surface area contributed by atoms with Crippen molar-refractivity contribution in [3.8, 4) is 11.5 Å². The van der Waals surface area contributed by atoms with Crippen LogP contribution >= 0.6 is 11.8 Å². The van der Waals surface area contributed by atoms with Crippen LogP contribution in [0.4, 0.5) is 10.5 Å². The van der Waals surface area contributed by atoms with E-state index in [1.165, 1.54) is 0 Å². The minimum absolute atomic E-state index is 0.285. The van der Waals surface area contributed by atoms with E-state index < -0.39 is 17.5 Å². The van der Waals surface area contributed by atoms with Gasteiger partial charge in [0.1, 0.15) is 25.3 Å². The van der Waals surface area contributed by atoms with Crippen molar-refractivity contribution in [2.75, 3.05) is 31.2 Å². The highest BCUT2D eigenvalue weighted by Crippen LogP contribution is 2.39. The number of hydrogen-bond donors (Lipinski definition) is 1. The molecule has 9 heteroatoms. The Kier molecular flexibility index (Phi) is 5.44. The summed E-state index contributed by atoms with van der Waals surface area (Å²) in [7, 11) is 0. The summed E-state index contributed by atoms with van der Waals surface area (Å²) in [4.78, 5) is 43.2. The standard InChI is InChI=1S/C24H25N3O5S/c1-15-9-10-26(17-5-3-4-6-20(17)33-15)21(28)14-27-22(29)24(2,25-23(27)30)16-7-8-18-19(13-16)32-12-11-31-18/h3-8,13,15H,9-12,14H2,1-2H3,(H,25,30)/t15-,24+/m0/s1. The summed E-state index contributed by atoms with van der Waals surface area (Å²) in [5.74, 6) is 0.379. The molecule has 1 N–H and O–H groups in total. The maximum absolute atomic E-state index is 13.4. The highest BCUT2D eigenvalue weighted by Gasteiger charge is 2.50. The number of carbonyl (C=O) groups is 3. The van der Waals surface area contributed by atoms with Crippen molar-refractivity contribution in [3.05, 3.63) is 48.0 Å². The van der Waals surface area contributed by atoms with Crippen molar-refractivity contribution in [2.45, 2.75) is 36.0 Å². The molecule has 0 radical (unpaired) electrons. The summed E-state index contributed by atoms with van der Waals surface area (Å²) in [5.41, 5.74) is 0.0951. The van der Waals surface area contributed by atoms with Gasteiger partial charge in [-0.3, -0.25) is 14.5 Å². The van der Waals surface area contributed by atoms with Crippen LogP contribution in [-0.2, 0) is 15.1 Å². The third-order valence-corrected chi connectivity index (χ3v) is 7.47. The SMILES string of the molecule is C[C@H]1CCN(C(=O)CN2C(=O)N[C@](C)(c3ccc4c(c3)OCCO4)C2=O)c2ccccc2S1. The Labute approximate surface area is 196 Å². The number of ether oxygens (including phenoxy) is 2. The highest BCUT2D eigenvalue weighted by molar-refractivity contribution is 8.00. The van der Waals surface area contributed by atoms with Gasteiger partial charge in [0.05, 0.1) is 5.69 Å². The number of thioether (sulfide) groups is 1. The summed E-state index contributed by atoms with van der Waals surface area (Å²) >= 11 is 1.73. The molecular weight excluding hydrogens is 442 g/mol. The van der Waals surface area contributed by atoms with Crippen molar-refractivity contribution in [1.82, 2.24) is 10.2 Å². The predicted octanol–water partition coefficient (Wildman–Crippen LogP) is 3.14. The molecule has 1 fully saturated rings. The van der Waals surface area contributed by atoms with Gasteiger partial charge < -0.3 is 19.7 Å². The molecule has 0 aromatic heterocycles. The fourth-order valence-corrected chi connectivity index (χ4v) is 5.47. The molecule has 0 spiro atoms. The van der Waals surface area contributed by atoms with E-state index in [2.05, 4.69) is 12.2 Å². The number of amides is 4. The van der Waals surface area contributed by atoms with Gasteiger partial charge in [-0.2, -0.15) is 0 Å². The Morgan fingerprint density at radius 1 is 1.15 bits per heavy atom. The average Bonchev–Trinajstić information content (AvgIpc) is 2.94. The molecule has 2 aromatic rings. The number of para-hydroxylation sites is 1. The lowest BCUT2D eigenvalue weighted by molar-refractivity contribution is -0.134. The van der Waals surface area contributed by atoms with Crippen molar-refractivity contribution in [2.24, 2.45) is 0 Å². The number of rotatable bonds is 3. The van der Waals surface area contributed by atoms with E-state index >= 15 is 0 Å². The second-order valence-corrected chi connectivity index (χ2v) is 10.0. The van der Waals surface area contributed by atoms with Gasteiger partial charge in [-0.1, -0.05) is 25.1 Å². The molecule has 2 aromatic carbocycles. The fraction of sp³-hybridized carbons (Fsp3) is 0.375. The molecule has 1 saturated heterocycles. The molecule has 0 aliphatic carbocycles. The van der Waals surface area contributed by atoms with Gasteiger partial charge in [-0.15, -0.1) is 11.8 Å². The van der Waals surface area contributed by atoms with Crippen LogP contribution in [0.1, 0.15) is 25.8 Å². The van der Waals surface area contributed by atoms with Crippen LogP contribution in [0.25, 0.3) is 0 Å². The second-order valence-electron chi connectivity index (χ2n) is 8.54. The number of imide groups is 1. The molecule has 5 rings (SSSR count). The summed E-state index contributed by atoms with van der Waals surface area (Å²) in [6, 6.07) is 12.3. The topological polar surface area (TPSA) is 88.2 Å². The maximum Gasteiger partial charge on any atom is 0.325 e. The Bertz CT molecular complexity index is 1140. The van der Waals surface area contributed by atoms with Crippen LogP contribution in [0.3, 0.4) is 0 Å². The zero-order chi connectivity index (χ0) is 23.2. The van der Waals surface area contributed by atoms with Crippen LogP contribution < -0.4 is 19.7 Å². The van der Waals surface area contributed by atoms with Crippen LogP contribution in [0.2, 0.25) is 0 Å². The monoisotopic (exact) mass is 467 g/mol. The van der Waals surface area contributed by atoms with Gasteiger partial charge in [-0.05, 0) is 43.2 Å². The van der Waals surface area contributed by atoms with Crippen molar-refractivity contribution >= 4 is 35.3 Å². The molecule has 3 aliphatic rings. The minimum Gasteiger partial charge on any atom is -0.486 e. The molecule has 3 heterocycles. The van der Waals surface area contributed by atoms with E-state index in [4.69, 9.17) is 9.47 Å². The Hall–Kier alpha value is -3.20. The summed E-state index contributed by atoms with van der Waals surface area (Å²) in [6.45, 7) is 4.87. The largest absolute Gasteiger partial charge is 0.486 e. The number of nitrogens with one attached hydrogen (secondary N) is 1. The molecule has 2 atom stereocenters. The average molecular weight is 468 g/mol. The molecule has 0 unspecified atom stereocenters. The first-order valence-electron chi connectivity index (χ1n) is 11.0. The van der Waals surface area contributed by atoms with Gasteiger partial charge in [0.25, 0.3) is 5.91 Å². The van der Waals surface area contributed by atoms with Gasteiger partial charge in [-0.25, -0.2) is 4.79 Å². The Morgan fingerprint density at radius 2 is 1.91 bits per heavy atom. The Morgan fingerprint density at radius 3 is 2.73 bits per heavy atom. The Balaban J connectivity index is 1.38. The summed E-state index contributed by atoms with van der Waals surface area (Å²) < 4.78 is 11.2. The molecular formula is C24H25N3O5S. The van der Waals surface area contributed by atoms with E-state index in [1.807, 2.05) is 24.3 Å². The van der Waals surface area contributed by atoms with E-state index in [1.54, 1.807) is 41.8 Å². The van der Waals surface area contributed by atoms with Gasteiger partial charge >= 0.3 is 6.03 Å². The lowest BCUT2D eigenvalue weighted by Crippen LogP contribution is -2.45. The first-order chi connectivity index (χ1) is 15.9. The number of nitrogens with zero attached hydrogens (tertiary/aromatic N) is 2. The number of fused-ring (bicyclic) bond motifs is 2. The number of hydrogen-bond acceptors (Lipinski definition) is 6. The molecule has 0 saturated carbocycles. The molecule has 3 aliphatic heterocycles. The zero-order valence-electron chi connectivity index (χ0n) is 18.5. The number of urea groups is 1. The number of anilines is 1. The fourth-order valence-electron chi connectivity index (χ4n) is 4.36. The quantitative estimate of drug-likeness (QED) is 0.698. The van der Waals surface area contributed by atoms with Gasteiger partial charge in [0.2, 0.25) is 5.91 Å². The minimum atomic E-state index is -1.30. The van der Waals surface area contributed by atoms with E-state index in [0.29, 0.717) is 42.1 Å². The van der Waals surface area contributed by atoms with Gasteiger partial charge in [0, 0.05) is 16.7 Å². The van der Waals surface area contributed by atoms with Crippen LogP contribution in [0.5, 0.6) is 11.5 Å². The van der Waals surface area contributed by atoms with Crippen molar-refractivity contribution in [1.29, 1.82) is 0 Å². The van der Waals surface area contributed by atoms with Crippen LogP contribution in [-0.4, -0.2) is 54.3 Å². The van der Waals surface area contributed by atoms with E-state index in [0.717, 1.165) is 21.9 Å². The smallest absolute Gasteiger partial charge is 0.325 e. The molecule has 172 valence electrons. The number of benzene rings is 2. The summed E-state index contributed by atoms with van der Waals surface area (Å²) in [5, 5.41) is 3.13. The van der Waals surface area contributed by atoms with Crippen molar-refractivity contribution in [3.63, 3.8) is 0 Å². The first kappa shape index (κ1) is 21.6. The normalized spacial score (nSPS) is 24.2. The lowest BCUT2D eigenvalue weighted by atomic mass is 9.91. The zero-order valence-corrected chi connectivity index (χ0v) is 19.3. The van der Waals surface area contributed by atoms with E-state index in [-0.39, 0.29) is 12.5 Å². The second kappa shape index (κ2) is 8.30.